The van der Waals surface area contributed by atoms with Gasteiger partial charge in [-0.05, 0) is 50.6 Å². The van der Waals surface area contributed by atoms with Gasteiger partial charge in [-0.25, -0.2) is 9.97 Å². The van der Waals surface area contributed by atoms with E-state index in [1.165, 1.54) is 0 Å². The molecule has 4 aromatic rings. The number of carbonyl (C=O) groups is 1. The molecule has 0 fully saturated rings. The number of fused-ring (bicyclic) bond motifs is 1. The third-order valence-corrected chi connectivity index (χ3v) is 4.47. The fourth-order valence-corrected chi connectivity index (χ4v) is 3.00. The van der Waals surface area contributed by atoms with E-state index in [1.54, 1.807) is 17.0 Å². The van der Waals surface area contributed by atoms with E-state index in [1.807, 2.05) is 48.3 Å². The van der Waals surface area contributed by atoms with Crippen molar-refractivity contribution < 1.29 is 4.79 Å². The maximum atomic E-state index is 11.0. The molecule has 136 valence electrons. The molecule has 1 N–H and O–H groups in total. The summed E-state index contributed by atoms with van der Waals surface area (Å²) in [6.07, 6.45) is 8.17. The molecule has 7 heteroatoms. The highest BCUT2D eigenvalue weighted by Gasteiger charge is 2.11. The van der Waals surface area contributed by atoms with Crippen LogP contribution < -0.4 is 5.32 Å². The normalized spacial score (nSPS) is 11.3. The summed E-state index contributed by atoms with van der Waals surface area (Å²) in [6.45, 7) is 6.16. The molecule has 0 aliphatic rings. The van der Waals surface area contributed by atoms with Gasteiger partial charge in [0.2, 0.25) is 12.4 Å². The standard InChI is InChI=1S/C20H20N6O/c1-13(2)26-11-16(10-22-26)19-14(3)9-21-20(24-19)23-17-4-5-18-15(8-17)6-7-25(18)12-27/h4-13H,1-3H3,(H,21,23,24). The Kier molecular flexibility index (Phi) is 4.19. The summed E-state index contributed by atoms with van der Waals surface area (Å²) in [5, 5.41) is 8.61. The van der Waals surface area contributed by atoms with E-state index >= 15 is 0 Å². The fourth-order valence-electron chi connectivity index (χ4n) is 3.00. The molecule has 0 aliphatic carbocycles. The van der Waals surface area contributed by atoms with E-state index in [9.17, 15) is 4.79 Å². The Balaban J connectivity index is 1.65. The van der Waals surface area contributed by atoms with Gasteiger partial charge in [0.05, 0.1) is 17.4 Å². The average Bonchev–Trinajstić information content (AvgIpc) is 3.30. The Morgan fingerprint density at radius 1 is 1.19 bits per heavy atom. The lowest BCUT2D eigenvalue weighted by atomic mass is 10.1. The predicted molar refractivity (Wildman–Crippen MR) is 106 cm³/mol. The third-order valence-electron chi connectivity index (χ3n) is 4.47. The number of nitrogens with zero attached hydrogens (tertiary/aromatic N) is 5. The van der Waals surface area contributed by atoms with Gasteiger partial charge in [0.25, 0.3) is 0 Å². The molecule has 3 aromatic heterocycles. The molecule has 0 bridgehead atoms. The molecule has 0 spiro atoms. The highest BCUT2D eigenvalue weighted by Crippen LogP contribution is 2.25. The number of hydrogen-bond acceptors (Lipinski definition) is 5. The number of carbonyl (C=O) groups excluding carboxylic acids is 1. The van der Waals surface area contributed by atoms with Crippen molar-refractivity contribution in [1.29, 1.82) is 0 Å². The second kappa shape index (κ2) is 6.68. The molecule has 7 nitrogen and oxygen atoms in total. The summed E-state index contributed by atoms with van der Waals surface area (Å²) in [7, 11) is 0. The van der Waals surface area contributed by atoms with Crippen molar-refractivity contribution in [1.82, 2.24) is 24.3 Å². The van der Waals surface area contributed by atoms with Crippen molar-refractivity contribution in [2.45, 2.75) is 26.8 Å². The molecule has 0 radical (unpaired) electrons. The smallest absolute Gasteiger partial charge is 0.227 e. The van der Waals surface area contributed by atoms with Crippen LogP contribution in [0.25, 0.3) is 22.2 Å². The first-order valence-electron chi connectivity index (χ1n) is 8.76. The molecule has 27 heavy (non-hydrogen) atoms. The average molecular weight is 360 g/mol. The first kappa shape index (κ1) is 17.0. The molecule has 4 rings (SSSR count). The number of anilines is 2. The van der Waals surface area contributed by atoms with Crippen LogP contribution in [0.3, 0.4) is 0 Å². The number of benzene rings is 1. The van der Waals surface area contributed by atoms with Crippen LogP contribution in [0.1, 0.15) is 25.5 Å². The van der Waals surface area contributed by atoms with Crippen molar-refractivity contribution >= 4 is 28.9 Å². The number of aryl methyl sites for hydroxylation is 1. The second-order valence-electron chi connectivity index (χ2n) is 6.76. The molecule has 0 amide bonds. The lowest BCUT2D eigenvalue weighted by Crippen LogP contribution is -2.01. The van der Waals surface area contributed by atoms with Gasteiger partial charge in [-0.2, -0.15) is 5.10 Å². The molecule has 0 saturated carbocycles. The number of nitrogens with one attached hydrogen (secondary N) is 1. The largest absolute Gasteiger partial charge is 0.324 e. The Bertz CT molecular complexity index is 1120. The van der Waals surface area contributed by atoms with Gasteiger partial charge in [-0.1, -0.05) is 0 Å². The molecule has 0 aliphatic heterocycles. The third kappa shape index (κ3) is 3.19. The van der Waals surface area contributed by atoms with Crippen molar-refractivity contribution in [2.75, 3.05) is 5.32 Å². The zero-order valence-corrected chi connectivity index (χ0v) is 15.4. The topological polar surface area (TPSA) is 77.6 Å². The van der Waals surface area contributed by atoms with Crippen LogP contribution in [0, 0.1) is 6.92 Å². The minimum Gasteiger partial charge on any atom is -0.324 e. The monoisotopic (exact) mass is 360 g/mol. The number of aromatic nitrogens is 5. The van der Waals surface area contributed by atoms with Crippen molar-refractivity contribution in [3.63, 3.8) is 0 Å². The molecule has 0 saturated heterocycles. The Morgan fingerprint density at radius 2 is 2.04 bits per heavy atom. The van der Waals surface area contributed by atoms with Gasteiger partial charge in [-0.15, -0.1) is 0 Å². The van der Waals surface area contributed by atoms with Gasteiger partial charge in [-0.3, -0.25) is 14.0 Å². The van der Waals surface area contributed by atoms with E-state index in [-0.39, 0.29) is 0 Å². The Morgan fingerprint density at radius 3 is 2.78 bits per heavy atom. The minimum absolute atomic E-state index is 0.295. The van der Waals surface area contributed by atoms with Gasteiger partial charge in [0.1, 0.15) is 0 Å². The highest BCUT2D eigenvalue weighted by molar-refractivity contribution is 5.88. The Hall–Kier alpha value is -3.48. The van der Waals surface area contributed by atoms with Crippen LogP contribution in [-0.4, -0.2) is 30.7 Å². The summed E-state index contributed by atoms with van der Waals surface area (Å²) in [6, 6.07) is 7.96. The molecule has 0 atom stereocenters. The summed E-state index contributed by atoms with van der Waals surface area (Å²) in [5.41, 5.74) is 4.53. The molecule has 0 unspecified atom stereocenters. The lowest BCUT2D eigenvalue weighted by molar-refractivity contribution is 0.532. The van der Waals surface area contributed by atoms with Crippen molar-refractivity contribution in [2.24, 2.45) is 0 Å². The summed E-state index contributed by atoms with van der Waals surface area (Å²) in [5.74, 6) is 0.516. The van der Waals surface area contributed by atoms with Crippen LogP contribution >= 0.6 is 0 Å². The minimum atomic E-state index is 0.295. The summed E-state index contributed by atoms with van der Waals surface area (Å²) >= 11 is 0. The van der Waals surface area contributed by atoms with Crippen LogP contribution in [-0.2, 0) is 4.79 Å². The number of rotatable bonds is 5. The van der Waals surface area contributed by atoms with Crippen LogP contribution in [0.4, 0.5) is 11.6 Å². The summed E-state index contributed by atoms with van der Waals surface area (Å²) in [4.78, 5) is 20.1. The van der Waals surface area contributed by atoms with Crippen LogP contribution in [0.2, 0.25) is 0 Å². The highest BCUT2D eigenvalue weighted by atomic mass is 16.1. The maximum Gasteiger partial charge on any atom is 0.227 e. The number of hydrogen-bond donors (Lipinski definition) is 1. The molecule has 3 heterocycles. The van der Waals surface area contributed by atoms with Gasteiger partial charge < -0.3 is 5.32 Å². The fraction of sp³-hybridized carbons (Fsp3) is 0.200. The van der Waals surface area contributed by atoms with Gasteiger partial charge in [0.15, 0.2) is 0 Å². The van der Waals surface area contributed by atoms with Crippen LogP contribution in [0.15, 0.2) is 49.1 Å². The van der Waals surface area contributed by atoms with E-state index in [2.05, 4.69) is 34.2 Å². The predicted octanol–water partition coefficient (Wildman–Crippen LogP) is 3.97. The quantitative estimate of drug-likeness (QED) is 0.545. The maximum absolute atomic E-state index is 11.0. The van der Waals surface area contributed by atoms with Crippen molar-refractivity contribution in [3.8, 4) is 11.3 Å². The van der Waals surface area contributed by atoms with E-state index in [4.69, 9.17) is 0 Å². The zero-order valence-electron chi connectivity index (χ0n) is 15.4. The molecular weight excluding hydrogens is 340 g/mol. The second-order valence-corrected chi connectivity index (χ2v) is 6.76. The first-order chi connectivity index (χ1) is 13.0. The lowest BCUT2D eigenvalue weighted by Gasteiger charge is -2.09. The van der Waals surface area contributed by atoms with E-state index in [0.29, 0.717) is 12.0 Å². The SMILES string of the molecule is Cc1cnc(Nc2ccc3c(ccn3C=O)c2)nc1-c1cnn(C(C)C)c1. The first-order valence-corrected chi connectivity index (χ1v) is 8.76. The molecular formula is C20H20N6O. The zero-order chi connectivity index (χ0) is 19.0. The van der Waals surface area contributed by atoms with E-state index in [0.717, 1.165) is 39.8 Å². The Labute approximate surface area is 156 Å². The van der Waals surface area contributed by atoms with Gasteiger partial charge in [0, 0.05) is 41.3 Å². The van der Waals surface area contributed by atoms with E-state index < -0.39 is 0 Å². The summed E-state index contributed by atoms with van der Waals surface area (Å²) < 4.78 is 3.46. The van der Waals surface area contributed by atoms with Gasteiger partial charge >= 0.3 is 0 Å². The van der Waals surface area contributed by atoms with Crippen LogP contribution in [0.5, 0.6) is 0 Å². The van der Waals surface area contributed by atoms with Crippen molar-refractivity contribution in [3.05, 3.63) is 54.6 Å². The molecule has 1 aromatic carbocycles.